The minimum Gasteiger partial charge on any atom is -0.383 e. The van der Waals surface area contributed by atoms with Gasteiger partial charge in [-0.1, -0.05) is 13.8 Å². The first kappa shape index (κ1) is 13.2. The van der Waals surface area contributed by atoms with Crippen LogP contribution in [0, 0.1) is 11.8 Å². The first-order chi connectivity index (χ1) is 9.66. The molecule has 1 aliphatic carbocycles. The monoisotopic (exact) mass is 270 g/mol. The minimum absolute atomic E-state index is 0.517. The Hall–Kier alpha value is -1.84. The molecule has 3 atom stereocenters. The third-order valence-corrected chi connectivity index (χ3v) is 4.52. The van der Waals surface area contributed by atoms with Crippen molar-refractivity contribution in [3.05, 3.63) is 30.9 Å². The quantitative estimate of drug-likeness (QED) is 0.908. The van der Waals surface area contributed by atoms with Crippen molar-refractivity contribution in [3.63, 3.8) is 0 Å². The molecule has 4 nitrogen and oxygen atoms in total. The Morgan fingerprint density at radius 2 is 2.15 bits per heavy atom. The second-order valence-corrected chi connectivity index (χ2v) is 6.09. The first-order valence-electron chi connectivity index (χ1n) is 7.39. The third kappa shape index (κ3) is 2.30. The smallest absolute Gasteiger partial charge is 0.132 e. The summed E-state index contributed by atoms with van der Waals surface area (Å²) in [6, 6.07) is 4.46. The van der Waals surface area contributed by atoms with Crippen LogP contribution < -0.4 is 5.73 Å². The SMILES string of the molecule is CC1CCC(n2cncc2-c2cccnc2N)C(C)C1. The number of rotatable bonds is 2. The molecule has 0 radical (unpaired) electrons. The van der Waals surface area contributed by atoms with Gasteiger partial charge in [-0.3, -0.25) is 0 Å². The van der Waals surface area contributed by atoms with Crippen molar-refractivity contribution in [2.75, 3.05) is 5.73 Å². The summed E-state index contributed by atoms with van der Waals surface area (Å²) in [5.41, 5.74) is 8.08. The predicted octanol–water partition coefficient (Wildman–Crippen LogP) is 3.52. The summed E-state index contributed by atoms with van der Waals surface area (Å²) in [6.45, 7) is 4.69. The predicted molar refractivity (Wildman–Crippen MR) is 81.1 cm³/mol. The maximum Gasteiger partial charge on any atom is 0.132 e. The van der Waals surface area contributed by atoms with Gasteiger partial charge in [0.15, 0.2) is 0 Å². The van der Waals surface area contributed by atoms with Crippen LogP contribution in [0.5, 0.6) is 0 Å². The van der Waals surface area contributed by atoms with Crippen molar-refractivity contribution in [3.8, 4) is 11.3 Å². The second-order valence-electron chi connectivity index (χ2n) is 6.09. The highest BCUT2D eigenvalue weighted by Gasteiger charge is 2.28. The number of anilines is 1. The van der Waals surface area contributed by atoms with Crippen molar-refractivity contribution in [1.29, 1.82) is 0 Å². The molecule has 1 fully saturated rings. The Labute approximate surface area is 120 Å². The molecule has 2 aromatic heterocycles. The molecule has 3 rings (SSSR count). The van der Waals surface area contributed by atoms with Crippen molar-refractivity contribution < 1.29 is 0 Å². The molecule has 0 saturated heterocycles. The molecule has 0 aromatic carbocycles. The molecule has 2 aromatic rings. The van der Waals surface area contributed by atoms with E-state index in [1.807, 2.05) is 24.7 Å². The average Bonchev–Trinajstić information content (AvgIpc) is 2.88. The van der Waals surface area contributed by atoms with Gasteiger partial charge in [-0.25, -0.2) is 9.97 Å². The summed E-state index contributed by atoms with van der Waals surface area (Å²) in [7, 11) is 0. The first-order valence-corrected chi connectivity index (χ1v) is 7.39. The number of nitrogen functional groups attached to an aromatic ring is 1. The van der Waals surface area contributed by atoms with E-state index in [9.17, 15) is 0 Å². The Bertz CT molecular complexity index is 590. The third-order valence-electron chi connectivity index (χ3n) is 4.52. The molecule has 3 unspecified atom stereocenters. The van der Waals surface area contributed by atoms with Gasteiger partial charge in [0.1, 0.15) is 5.82 Å². The zero-order valence-corrected chi connectivity index (χ0v) is 12.2. The van der Waals surface area contributed by atoms with Crippen LogP contribution in [0.1, 0.15) is 39.2 Å². The topological polar surface area (TPSA) is 56.7 Å². The van der Waals surface area contributed by atoms with Crippen LogP contribution in [-0.2, 0) is 0 Å². The molecular formula is C16H22N4. The van der Waals surface area contributed by atoms with E-state index in [2.05, 4.69) is 28.4 Å². The standard InChI is InChI=1S/C16H22N4/c1-11-5-6-14(12(2)8-11)20-10-18-9-15(20)13-4-3-7-19-16(13)17/h3-4,7,9-12,14H,5-6,8H2,1-2H3,(H2,17,19). The highest BCUT2D eigenvalue weighted by molar-refractivity contribution is 5.70. The van der Waals surface area contributed by atoms with E-state index in [0.29, 0.717) is 17.8 Å². The number of pyridine rings is 1. The van der Waals surface area contributed by atoms with Crippen LogP contribution in [0.15, 0.2) is 30.9 Å². The molecule has 1 aliphatic rings. The van der Waals surface area contributed by atoms with E-state index in [-0.39, 0.29) is 0 Å². The molecule has 0 amide bonds. The maximum absolute atomic E-state index is 6.01. The average molecular weight is 270 g/mol. The zero-order valence-electron chi connectivity index (χ0n) is 12.2. The Morgan fingerprint density at radius 1 is 1.30 bits per heavy atom. The minimum atomic E-state index is 0.517. The fourth-order valence-corrected chi connectivity index (χ4v) is 3.47. The molecule has 4 heteroatoms. The van der Waals surface area contributed by atoms with Crippen LogP contribution in [0.4, 0.5) is 5.82 Å². The summed E-state index contributed by atoms with van der Waals surface area (Å²) in [6.07, 6.45) is 9.35. The fraction of sp³-hybridized carbons (Fsp3) is 0.500. The lowest BCUT2D eigenvalue weighted by atomic mass is 9.79. The van der Waals surface area contributed by atoms with Crippen LogP contribution in [0.3, 0.4) is 0 Å². The number of nitrogens with two attached hydrogens (primary N) is 1. The summed E-state index contributed by atoms with van der Waals surface area (Å²) in [4.78, 5) is 8.54. The Balaban J connectivity index is 1.97. The molecule has 0 aliphatic heterocycles. The molecule has 0 spiro atoms. The van der Waals surface area contributed by atoms with Gasteiger partial charge in [0.05, 0.1) is 18.2 Å². The van der Waals surface area contributed by atoms with Crippen LogP contribution in [0.25, 0.3) is 11.3 Å². The summed E-state index contributed by atoms with van der Waals surface area (Å²) in [5.74, 6) is 2.08. The lowest BCUT2D eigenvalue weighted by molar-refractivity contribution is 0.209. The number of hydrogen-bond donors (Lipinski definition) is 1. The Morgan fingerprint density at radius 3 is 2.90 bits per heavy atom. The van der Waals surface area contributed by atoms with Gasteiger partial charge in [0.2, 0.25) is 0 Å². The largest absolute Gasteiger partial charge is 0.383 e. The molecule has 2 N–H and O–H groups in total. The molecule has 1 saturated carbocycles. The van der Waals surface area contributed by atoms with Crippen LogP contribution in [-0.4, -0.2) is 14.5 Å². The van der Waals surface area contributed by atoms with E-state index in [0.717, 1.165) is 17.2 Å². The fourth-order valence-electron chi connectivity index (χ4n) is 3.47. The van der Waals surface area contributed by atoms with Gasteiger partial charge in [-0.15, -0.1) is 0 Å². The lowest BCUT2D eigenvalue weighted by Gasteiger charge is -2.34. The second kappa shape index (κ2) is 5.27. The number of hydrogen-bond acceptors (Lipinski definition) is 3. The van der Waals surface area contributed by atoms with Gasteiger partial charge < -0.3 is 10.3 Å². The number of aromatic nitrogens is 3. The van der Waals surface area contributed by atoms with E-state index in [1.54, 1.807) is 6.20 Å². The van der Waals surface area contributed by atoms with E-state index >= 15 is 0 Å². The van der Waals surface area contributed by atoms with Gasteiger partial charge in [0.25, 0.3) is 0 Å². The van der Waals surface area contributed by atoms with Crippen LogP contribution in [0.2, 0.25) is 0 Å². The van der Waals surface area contributed by atoms with Crippen LogP contribution >= 0.6 is 0 Å². The van der Waals surface area contributed by atoms with E-state index in [4.69, 9.17) is 5.73 Å². The van der Waals surface area contributed by atoms with Gasteiger partial charge in [-0.2, -0.15) is 0 Å². The molecular weight excluding hydrogens is 248 g/mol. The van der Waals surface area contributed by atoms with Crippen molar-refractivity contribution in [2.24, 2.45) is 11.8 Å². The Kier molecular flexibility index (Phi) is 3.47. The van der Waals surface area contributed by atoms with Gasteiger partial charge >= 0.3 is 0 Å². The maximum atomic E-state index is 6.01. The van der Waals surface area contributed by atoms with Crippen molar-refractivity contribution in [2.45, 2.75) is 39.2 Å². The molecule has 0 bridgehead atoms. The molecule has 106 valence electrons. The lowest BCUT2D eigenvalue weighted by Crippen LogP contribution is -2.24. The highest BCUT2D eigenvalue weighted by Crippen LogP contribution is 2.39. The van der Waals surface area contributed by atoms with Crippen molar-refractivity contribution >= 4 is 5.82 Å². The zero-order chi connectivity index (χ0) is 14.1. The van der Waals surface area contributed by atoms with E-state index in [1.165, 1.54) is 19.3 Å². The van der Waals surface area contributed by atoms with Gasteiger partial charge in [-0.05, 0) is 43.2 Å². The summed E-state index contributed by atoms with van der Waals surface area (Å²) < 4.78 is 2.30. The summed E-state index contributed by atoms with van der Waals surface area (Å²) >= 11 is 0. The number of nitrogens with zero attached hydrogens (tertiary/aromatic N) is 3. The highest BCUT2D eigenvalue weighted by atomic mass is 15.1. The van der Waals surface area contributed by atoms with Gasteiger partial charge in [0, 0.05) is 17.8 Å². The van der Waals surface area contributed by atoms with Crippen molar-refractivity contribution in [1.82, 2.24) is 14.5 Å². The molecule has 20 heavy (non-hydrogen) atoms. The normalized spacial score (nSPS) is 26.6. The van der Waals surface area contributed by atoms with E-state index < -0.39 is 0 Å². The number of imidazole rings is 1. The summed E-state index contributed by atoms with van der Waals surface area (Å²) in [5, 5.41) is 0. The molecule has 2 heterocycles.